The first-order chi connectivity index (χ1) is 11.2. The van der Waals surface area contributed by atoms with E-state index in [1.54, 1.807) is 0 Å². The Morgan fingerprint density at radius 2 is 2.00 bits per heavy atom. The van der Waals surface area contributed by atoms with E-state index in [1.807, 2.05) is 12.1 Å². The highest BCUT2D eigenvalue weighted by Gasteiger charge is 2.14. The fraction of sp³-hybridized carbons (Fsp3) is 0.444. The van der Waals surface area contributed by atoms with Gasteiger partial charge >= 0.3 is 5.63 Å². The molecule has 0 radical (unpaired) electrons. The first-order valence-electron chi connectivity index (χ1n) is 8.07. The summed E-state index contributed by atoms with van der Waals surface area (Å²) in [5, 5.41) is 4.69. The zero-order chi connectivity index (χ0) is 16.8. The summed E-state index contributed by atoms with van der Waals surface area (Å²) in [5.41, 5.74) is 2.74. The molecule has 2 rings (SSSR count). The zero-order valence-corrected chi connectivity index (χ0v) is 14.3. The molecule has 0 atom stereocenters. The van der Waals surface area contributed by atoms with Gasteiger partial charge in [-0.3, -0.25) is 0 Å². The SMILES string of the molecule is CCCc1c(/C=N/OC)c(=O)oc2cc(N(CC)CC)ccc12. The van der Waals surface area contributed by atoms with E-state index in [4.69, 9.17) is 9.25 Å². The molecule has 0 amide bonds. The molecule has 0 saturated heterocycles. The Labute approximate surface area is 136 Å². The average Bonchev–Trinajstić information content (AvgIpc) is 2.55. The van der Waals surface area contributed by atoms with Gasteiger partial charge in [-0.2, -0.15) is 0 Å². The van der Waals surface area contributed by atoms with Gasteiger partial charge in [0.15, 0.2) is 0 Å². The average molecular weight is 316 g/mol. The first kappa shape index (κ1) is 17.1. The van der Waals surface area contributed by atoms with Crippen molar-refractivity contribution in [3.05, 3.63) is 39.7 Å². The van der Waals surface area contributed by atoms with Crippen LogP contribution in [0.4, 0.5) is 5.69 Å². The number of hydrogen-bond acceptors (Lipinski definition) is 5. The molecule has 5 heteroatoms. The summed E-state index contributed by atoms with van der Waals surface area (Å²) in [7, 11) is 1.45. The lowest BCUT2D eigenvalue weighted by Gasteiger charge is -2.21. The zero-order valence-electron chi connectivity index (χ0n) is 14.3. The molecular formula is C18H24N2O3. The van der Waals surface area contributed by atoms with Gasteiger partial charge in [0.2, 0.25) is 0 Å². The summed E-state index contributed by atoms with van der Waals surface area (Å²) in [6.45, 7) is 8.12. The van der Waals surface area contributed by atoms with Crippen LogP contribution in [0.1, 0.15) is 38.3 Å². The molecule has 0 bridgehead atoms. The van der Waals surface area contributed by atoms with E-state index in [-0.39, 0.29) is 5.63 Å². The molecule has 124 valence electrons. The van der Waals surface area contributed by atoms with Crippen molar-refractivity contribution in [1.29, 1.82) is 0 Å². The molecule has 0 aliphatic rings. The van der Waals surface area contributed by atoms with E-state index in [2.05, 4.69) is 36.9 Å². The van der Waals surface area contributed by atoms with Gasteiger partial charge in [0.05, 0.1) is 11.8 Å². The molecule has 0 aliphatic heterocycles. The highest BCUT2D eigenvalue weighted by Crippen LogP contribution is 2.26. The number of hydrogen-bond donors (Lipinski definition) is 0. The van der Waals surface area contributed by atoms with Crippen LogP contribution in [0.2, 0.25) is 0 Å². The van der Waals surface area contributed by atoms with Gasteiger partial charge in [0.25, 0.3) is 0 Å². The van der Waals surface area contributed by atoms with E-state index in [0.29, 0.717) is 11.1 Å². The quantitative estimate of drug-likeness (QED) is 0.445. The van der Waals surface area contributed by atoms with Crippen LogP contribution in [-0.4, -0.2) is 26.4 Å². The lowest BCUT2D eigenvalue weighted by Crippen LogP contribution is -2.21. The molecule has 0 saturated carbocycles. The van der Waals surface area contributed by atoms with Crippen molar-refractivity contribution in [2.24, 2.45) is 5.16 Å². The van der Waals surface area contributed by atoms with Crippen LogP contribution in [0, 0.1) is 0 Å². The molecule has 0 aliphatic carbocycles. The van der Waals surface area contributed by atoms with E-state index in [1.165, 1.54) is 13.3 Å². The second-order valence-electron chi connectivity index (χ2n) is 5.30. The van der Waals surface area contributed by atoms with Gasteiger partial charge in [0, 0.05) is 30.2 Å². The Hall–Kier alpha value is -2.30. The van der Waals surface area contributed by atoms with Crippen LogP contribution in [0.3, 0.4) is 0 Å². The van der Waals surface area contributed by atoms with Gasteiger partial charge in [0.1, 0.15) is 12.7 Å². The number of oxime groups is 1. The van der Waals surface area contributed by atoms with Crippen molar-refractivity contribution in [1.82, 2.24) is 0 Å². The molecule has 0 N–H and O–H groups in total. The van der Waals surface area contributed by atoms with Crippen LogP contribution in [-0.2, 0) is 11.3 Å². The van der Waals surface area contributed by atoms with Crippen LogP contribution in [0.15, 0.2) is 32.6 Å². The van der Waals surface area contributed by atoms with Crippen molar-refractivity contribution in [3.8, 4) is 0 Å². The number of benzene rings is 1. The minimum absolute atomic E-state index is 0.376. The van der Waals surface area contributed by atoms with Gasteiger partial charge in [-0.15, -0.1) is 0 Å². The second-order valence-corrected chi connectivity index (χ2v) is 5.30. The predicted molar refractivity (Wildman–Crippen MR) is 94.6 cm³/mol. The maximum atomic E-state index is 12.3. The number of aryl methyl sites for hydroxylation is 1. The van der Waals surface area contributed by atoms with E-state index < -0.39 is 0 Å². The van der Waals surface area contributed by atoms with Crippen LogP contribution in [0.5, 0.6) is 0 Å². The lowest BCUT2D eigenvalue weighted by molar-refractivity contribution is 0.215. The molecule has 5 nitrogen and oxygen atoms in total. The maximum Gasteiger partial charge on any atom is 0.345 e. The predicted octanol–water partition coefficient (Wildman–Crippen LogP) is 3.57. The summed E-state index contributed by atoms with van der Waals surface area (Å²) in [6.07, 6.45) is 3.16. The topological polar surface area (TPSA) is 55.0 Å². The number of nitrogens with zero attached hydrogens (tertiary/aromatic N) is 2. The highest BCUT2D eigenvalue weighted by atomic mass is 16.6. The van der Waals surface area contributed by atoms with E-state index >= 15 is 0 Å². The van der Waals surface area contributed by atoms with Gasteiger partial charge in [-0.1, -0.05) is 18.5 Å². The number of anilines is 1. The minimum atomic E-state index is -0.376. The Bertz CT molecular complexity index is 746. The van der Waals surface area contributed by atoms with Crippen molar-refractivity contribution in [3.63, 3.8) is 0 Å². The molecular weight excluding hydrogens is 292 g/mol. The Kier molecular flexibility index (Phi) is 5.79. The third-order valence-electron chi connectivity index (χ3n) is 3.95. The molecule has 0 spiro atoms. The van der Waals surface area contributed by atoms with Crippen LogP contribution in [0.25, 0.3) is 11.0 Å². The first-order valence-corrected chi connectivity index (χ1v) is 8.07. The Morgan fingerprint density at radius 1 is 1.26 bits per heavy atom. The second kappa shape index (κ2) is 7.81. The molecule has 1 heterocycles. The Balaban J connectivity index is 2.67. The highest BCUT2D eigenvalue weighted by molar-refractivity contribution is 5.91. The summed E-state index contributed by atoms with van der Waals surface area (Å²) in [4.78, 5) is 19.3. The molecule has 23 heavy (non-hydrogen) atoms. The van der Waals surface area contributed by atoms with Crippen LogP contribution < -0.4 is 10.5 Å². The van der Waals surface area contributed by atoms with Crippen molar-refractivity contribution >= 4 is 22.9 Å². The maximum absolute atomic E-state index is 12.3. The standard InChI is InChI=1S/C18H24N2O3/c1-5-8-14-15-10-9-13(20(6-2)7-3)11-17(15)23-18(21)16(14)12-19-22-4/h9-12H,5-8H2,1-4H3/b19-12+. The molecule has 1 aromatic carbocycles. The summed E-state index contributed by atoms with van der Waals surface area (Å²) in [5.74, 6) is 0. The number of fused-ring (bicyclic) bond motifs is 1. The Morgan fingerprint density at radius 3 is 2.61 bits per heavy atom. The summed E-state index contributed by atoms with van der Waals surface area (Å²) < 4.78 is 5.53. The van der Waals surface area contributed by atoms with Crippen molar-refractivity contribution in [2.45, 2.75) is 33.6 Å². The summed E-state index contributed by atoms with van der Waals surface area (Å²) >= 11 is 0. The van der Waals surface area contributed by atoms with E-state index in [9.17, 15) is 4.79 Å². The van der Waals surface area contributed by atoms with Gasteiger partial charge in [-0.05, 0) is 38.0 Å². The minimum Gasteiger partial charge on any atom is -0.422 e. The molecule has 0 unspecified atom stereocenters. The lowest BCUT2D eigenvalue weighted by atomic mass is 10.0. The molecule has 0 fully saturated rings. The third-order valence-corrected chi connectivity index (χ3v) is 3.95. The number of rotatable bonds is 7. The summed E-state index contributed by atoms with van der Waals surface area (Å²) in [6, 6.07) is 6.05. The largest absolute Gasteiger partial charge is 0.422 e. The van der Waals surface area contributed by atoms with Crippen molar-refractivity contribution in [2.75, 3.05) is 25.1 Å². The van der Waals surface area contributed by atoms with Gasteiger partial charge < -0.3 is 14.2 Å². The third kappa shape index (κ3) is 3.55. The normalized spacial score (nSPS) is 11.3. The molecule has 1 aromatic heterocycles. The fourth-order valence-corrected chi connectivity index (χ4v) is 2.81. The van der Waals surface area contributed by atoms with Gasteiger partial charge in [-0.25, -0.2) is 4.79 Å². The fourth-order valence-electron chi connectivity index (χ4n) is 2.81. The monoisotopic (exact) mass is 316 g/mol. The smallest absolute Gasteiger partial charge is 0.345 e. The van der Waals surface area contributed by atoms with E-state index in [0.717, 1.165) is 42.6 Å². The van der Waals surface area contributed by atoms with Crippen molar-refractivity contribution < 1.29 is 9.25 Å². The molecule has 2 aromatic rings. The van der Waals surface area contributed by atoms with Crippen LogP contribution >= 0.6 is 0 Å².